The summed E-state index contributed by atoms with van der Waals surface area (Å²) in [5.74, 6) is 0.882. The highest BCUT2D eigenvalue weighted by molar-refractivity contribution is 5.57. The van der Waals surface area contributed by atoms with Crippen molar-refractivity contribution in [3.8, 4) is 11.5 Å². The fourth-order valence-corrected chi connectivity index (χ4v) is 3.31. The van der Waals surface area contributed by atoms with Crippen LogP contribution >= 0.6 is 0 Å². The molecule has 2 heterocycles. The second-order valence-electron chi connectivity index (χ2n) is 6.73. The molecule has 140 valence electrons. The smallest absolute Gasteiger partial charge is 0.416 e. The minimum absolute atomic E-state index is 0.372. The maximum atomic E-state index is 12.9. The average molecular weight is 373 g/mol. The summed E-state index contributed by atoms with van der Waals surface area (Å²) < 4.78 is 44.6. The molecule has 0 bridgehead atoms. The number of fused-ring (bicyclic) bond motifs is 1. The lowest BCUT2D eigenvalue weighted by Gasteiger charge is -2.30. The van der Waals surface area contributed by atoms with Gasteiger partial charge in [-0.05, 0) is 55.7 Å². The van der Waals surface area contributed by atoms with Gasteiger partial charge in [0.2, 0.25) is 11.8 Å². The van der Waals surface area contributed by atoms with E-state index in [0.717, 1.165) is 35.8 Å². The van der Waals surface area contributed by atoms with E-state index in [4.69, 9.17) is 4.42 Å². The Morgan fingerprint density at radius 1 is 1.07 bits per heavy atom. The summed E-state index contributed by atoms with van der Waals surface area (Å²) in [6, 6.07) is 11.7. The van der Waals surface area contributed by atoms with Crippen molar-refractivity contribution in [2.24, 2.45) is 0 Å². The van der Waals surface area contributed by atoms with Crippen molar-refractivity contribution < 1.29 is 17.6 Å². The first-order chi connectivity index (χ1) is 12.9. The zero-order valence-corrected chi connectivity index (χ0v) is 14.8. The standard InChI is InChI=1S/C20H18F3N3O/c1-13-4-6-14(7-5-13)19-25-24-18(27-19)12-26-10-2-3-15-11-16(20(21,22)23)8-9-17(15)26/h4-9,11H,2-3,10,12H2,1H3. The number of anilines is 1. The van der Waals surface area contributed by atoms with Gasteiger partial charge in [-0.25, -0.2) is 0 Å². The predicted octanol–water partition coefficient (Wildman–Crippen LogP) is 5.02. The zero-order chi connectivity index (χ0) is 19.0. The van der Waals surface area contributed by atoms with Gasteiger partial charge >= 0.3 is 6.18 Å². The zero-order valence-electron chi connectivity index (χ0n) is 14.8. The maximum absolute atomic E-state index is 12.9. The Bertz CT molecular complexity index is 948. The second-order valence-corrected chi connectivity index (χ2v) is 6.73. The predicted molar refractivity (Wildman–Crippen MR) is 95.3 cm³/mol. The summed E-state index contributed by atoms with van der Waals surface area (Å²) in [4.78, 5) is 1.99. The Balaban J connectivity index is 1.55. The van der Waals surface area contributed by atoms with E-state index in [1.165, 1.54) is 12.1 Å². The summed E-state index contributed by atoms with van der Waals surface area (Å²) in [6.45, 7) is 3.11. The van der Waals surface area contributed by atoms with Crippen molar-refractivity contribution in [3.05, 3.63) is 65.0 Å². The van der Waals surface area contributed by atoms with Crippen molar-refractivity contribution in [1.29, 1.82) is 0 Å². The third-order valence-electron chi connectivity index (χ3n) is 4.71. The van der Waals surface area contributed by atoms with Crippen molar-refractivity contribution in [1.82, 2.24) is 10.2 Å². The maximum Gasteiger partial charge on any atom is 0.416 e. The molecular formula is C20H18F3N3O. The Labute approximate surface area is 154 Å². The molecular weight excluding hydrogens is 355 g/mol. The summed E-state index contributed by atoms with van der Waals surface area (Å²) >= 11 is 0. The van der Waals surface area contributed by atoms with E-state index in [9.17, 15) is 13.2 Å². The van der Waals surface area contributed by atoms with Crippen LogP contribution in [-0.2, 0) is 19.1 Å². The first-order valence-electron chi connectivity index (χ1n) is 8.74. The molecule has 0 saturated carbocycles. The van der Waals surface area contributed by atoms with Crippen molar-refractivity contribution >= 4 is 5.69 Å². The molecule has 4 nitrogen and oxygen atoms in total. The molecule has 0 spiro atoms. The first kappa shape index (κ1) is 17.6. The highest BCUT2D eigenvalue weighted by atomic mass is 19.4. The van der Waals surface area contributed by atoms with Crippen LogP contribution in [0.5, 0.6) is 0 Å². The number of rotatable bonds is 3. The Hall–Kier alpha value is -2.83. The van der Waals surface area contributed by atoms with Gasteiger partial charge in [-0.3, -0.25) is 0 Å². The van der Waals surface area contributed by atoms with E-state index >= 15 is 0 Å². The number of aryl methyl sites for hydroxylation is 2. The number of hydrogen-bond donors (Lipinski definition) is 0. The quantitative estimate of drug-likeness (QED) is 0.647. The summed E-state index contributed by atoms with van der Waals surface area (Å²) in [6.07, 6.45) is -2.91. The van der Waals surface area contributed by atoms with Crippen LogP contribution in [0.1, 0.15) is 29.0 Å². The lowest BCUT2D eigenvalue weighted by molar-refractivity contribution is -0.137. The minimum Gasteiger partial charge on any atom is -0.419 e. The van der Waals surface area contributed by atoms with Crippen LogP contribution in [0.25, 0.3) is 11.5 Å². The summed E-state index contributed by atoms with van der Waals surface area (Å²) in [5, 5.41) is 8.19. The van der Waals surface area contributed by atoms with E-state index in [0.29, 0.717) is 30.3 Å². The monoisotopic (exact) mass is 373 g/mol. The molecule has 0 atom stereocenters. The van der Waals surface area contributed by atoms with Gasteiger partial charge in [-0.1, -0.05) is 17.7 Å². The number of aromatic nitrogens is 2. The highest BCUT2D eigenvalue weighted by Gasteiger charge is 2.32. The molecule has 0 aliphatic carbocycles. The average Bonchev–Trinajstić information content (AvgIpc) is 3.10. The van der Waals surface area contributed by atoms with E-state index in [-0.39, 0.29) is 0 Å². The molecule has 0 amide bonds. The second kappa shape index (κ2) is 6.72. The van der Waals surface area contributed by atoms with Crippen LogP contribution in [-0.4, -0.2) is 16.7 Å². The van der Waals surface area contributed by atoms with Crippen LogP contribution in [0.15, 0.2) is 46.9 Å². The molecule has 4 rings (SSSR count). The van der Waals surface area contributed by atoms with Crippen LogP contribution in [0, 0.1) is 6.92 Å². The van der Waals surface area contributed by atoms with Crippen LogP contribution in [0.3, 0.4) is 0 Å². The van der Waals surface area contributed by atoms with Crippen molar-refractivity contribution in [2.75, 3.05) is 11.4 Å². The van der Waals surface area contributed by atoms with Gasteiger partial charge in [0, 0.05) is 17.8 Å². The molecule has 1 aliphatic rings. The topological polar surface area (TPSA) is 42.2 Å². The van der Waals surface area contributed by atoms with Gasteiger partial charge in [0.05, 0.1) is 12.1 Å². The van der Waals surface area contributed by atoms with Gasteiger partial charge < -0.3 is 9.32 Å². The number of benzene rings is 2. The van der Waals surface area contributed by atoms with E-state index in [2.05, 4.69) is 10.2 Å². The first-order valence-corrected chi connectivity index (χ1v) is 8.74. The molecule has 0 N–H and O–H groups in total. The lowest BCUT2D eigenvalue weighted by Crippen LogP contribution is -2.29. The lowest BCUT2D eigenvalue weighted by atomic mass is 9.99. The van der Waals surface area contributed by atoms with E-state index < -0.39 is 11.7 Å². The Morgan fingerprint density at radius 3 is 2.59 bits per heavy atom. The molecule has 0 radical (unpaired) electrons. The number of nitrogens with zero attached hydrogens (tertiary/aromatic N) is 3. The number of alkyl halides is 3. The molecule has 2 aromatic carbocycles. The van der Waals surface area contributed by atoms with Crippen LogP contribution in [0.2, 0.25) is 0 Å². The summed E-state index contributed by atoms with van der Waals surface area (Å²) in [7, 11) is 0. The van der Waals surface area contributed by atoms with Crippen LogP contribution in [0.4, 0.5) is 18.9 Å². The molecule has 1 aromatic heterocycles. The largest absolute Gasteiger partial charge is 0.419 e. The molecule has 0 fully saturated rings. The van der Waals surface area contributed by atoms with Crippen LogP contribution < -0.4 is 4.90 Å². The van der Waals surface area contributed by atoms with Gasteiger partial charge in [0.1, 0.15) is 0 Å². The minimum atomic E-state index is -4.33. The van der Waals surface area contributed by atoms with Gasteiger partial charge in [-0.15, -0.1) is 10.2 Å². The number of hydrogen-bond acceptors (Lipinski definition) is 4. The molecule has 0 unspecified atom stereocenters. The Kier molecular flexibility index (Phi) is 4.37. The molecule has 1 aliphatic heterocycles. The fraction of sp³-hybridized carbons (Fsp3) is 0.300. The van der Waals surface area contributed by atoms with Gasteiger partial charge in [0.25, 0.3) is 0 Å². The Morgan fingerprint density at radius 2 is 1.85 bits per heavy atom. The van der Waals surface area contributed by atoms with Gasteiger partial charge in [-0.2, -0.15) is 13.2 Å². The van der Waals surface area contributed by atoms with Crippen molar-refractivity contribution in [3.63, 3.8) is 0 Å². The summed E-state index contributed by atoms with van der Waals surface area (Å²) in [5.41, 5.74) is 2.87. The van der Waals surface area contributed by atoms with Gasteiger partial charge in [0.15, 0.2) is 0 Å². The molecule has 3 aromatic rings. The highest BCUT2D eigenvalue weighted by Crippen LogP contribution is 2.35. The fourth-order valence-electron chi connectivity index (χ4n) is 3.31. The molecule has 27 heavy (non-hydrogen) atoms. The normalized spacial score (nSPS) is 14.3. The number of halogens is 3. The van der Waals surface area contributed by atoms with E-state index in [1.54, 1.807) is 0 Å². The molecule has 0 saturated heterocycles. The SMILES string of the molecule is Cc1ccc(-c2nnc(CN3CCCc4cc(C(F)(F)F)ccc43)o2)cc1. The van der Waals surface area contributed by atoms with E-state index in [1.807, 2.05) is 36.1 Å². The third-order valence-corrected chi connectivity index (χ3v) is 4.71. The van der Waals surface area contributed by atoms with Crippen molar-refractivity contribution in [2.45, 2.75) is 32.5 Å². The molecule has 7 heteroatoms. The third kappa shape index (κ3) is 3.67.